The molecule has 0 saturated carbocycles. The van der Waals surface area contributed by atoms with Gasteiger partial charge in [0.1, 0.15) is 12.4 Å². The summed E-state index contributed by atoms with van der Waals surface area (Å²) in [5, 5.41) is 4.98. The Morgan fingerprint density at radius 1 is 0.365 bits per heavy atom. The third kappa shape index (κ3) is 4.26. The molecule has 3 nitrogen and oxygen atoms in total. The average molecular weight is 665 g/mol. The van der Waals surface area contributed by atoms with E-state index in [2.05, 4.69) is 185 Å². The van der Waals surface area contributed by atoms with E-state index in [0.717, 1.165) is 11.3 Å². The maximum atomic E-state index is 6.16. The quantitative estimate of drug-likeness (QED) is 0.183. The maximum Gasteiger partial charge on any atom is 0.127 e. The minimum Gasteiger partial charge on any atom is -0.488 e. The number of ether oxygens (including phenoxy) is 1. The van der Waals surface area contributed by atoms with Crippen LogP contribution in [0, 0.1) is 0 Å². The largest absolute Gasteiger partial charge is 0.488 e. The van der Waals surface area contributed by atoms with Crippen molar-refractivity contribution in [3.8, 4) is 50.5 Å². The molecule has 0 atom stereocenters. The number of rotatable bonds is 4. The van der Waals surface area contributed by atoms with Gasteiger partial charge in [-0.15, -0.1) is 0 Å². The van der Waals surface area contributed by atoms with E-state index in [-0.39, 0.29) is 0 Å². The lowest BCUT2D eigenvalue weighted by Gasteiger charge is -2.24. The Kier molecular flexibility index (Phi) is 6.31. The molecular formula is C49H32N2O. The normalized spacial score (nSPS) is 12.3. The number of aromatic nitrogens is 2. The van der Waals surface area contributed by atoms with Gasteiger partial charge in [0.2, 0.25) is 0 Å². The second kappa shape index (κ2) is 11.3. The molecule has 10 aromatic rings. The molecule has 3 heterocycles. The third-order valence-corrected chi connectivity index (χ3v) is 10.8. The first-order valence-corrected chi connectivity index (χ1v) is 17.9. The zero-order valence-electron chi connectivity index (χ0n) is 28.3. The van der Waals surface area contributed by atoms with Crippen molar-refractivity contribution in [2.45, 2.75) is 6.61 Å². The fourth-order valence-electron chi connectivity index (χ4n) is 8.51. The first-order valence-electron chi connectivity index (χ1n) is 17.9. The van der Waals surface area contributed by atoms with Crippen LogP contribution >= 0.6 is 0 Å². The highest BCUT2D eigenvalue weighted by Crippen LogP contribution is 2.44. The van der Waals surface area contributed by atoms with Gasteiger partial charge in [0, 0.05) is 38.2 Å². The lowest BCUT2D eigenvalue weighted by molar-refractivity contribution is 0.302. The topological polar surface area (TPSA) is 19.1 Å². The number of hydrogen-bond acceptors (Lipinski definition) is 1. The van der Waals surface area contributed by atoms with E-state index in [1.165, 1.54) is 88.4 Å². The molecule has 0 aliphatic carbocycles. The van der Waals surface area contributed by atoms with E-state index in [0.29, 0.717) is 6.61 Å². The van der Waals surface area contributed by atoms with Gasteiger partial charge in [-0.2, -0.15) is 0 Å². The lowest BCUT2D eigenvalue weighted by Crippen LogP contribution is -2.08. The Labute approximate surface area is 301 Å². The first kappa shape index (κ1) is 28.9. The smallest absolute Gasteiger partial charge is 0.127 e. The number of hydrogen-bond donors (Lipinski definition) is 0. The van der Waals surface area contributed by atoms with Crippen LogP contribution in [-0.4, -0.2) is 9.13 Å². The SMILES string of the molecule is c1ccc(-c2ccccc2-n2c3ccccc3c3cc(-c4ccc5c(c4)c4ccccc4n5-c4cccc5c4-c4ccccc4OC5)ccc32)cc1. The van der Waals surface area contributed by atoms with Gasteiger partial charge in [0.05, 0.1) is 33.4 Å². The van der Waals surface area contributed by atoms with E-state index >= 15 is 0 Å². The molecule has 0 spiro atoms. The molecule has 8 aromatic carbocycles. The summed E-state index contributed by atoms with van der Waals surface area (Å²) < 4.78 is 11.0. The molecule has 0 N–H and O–H groups in total. The summed E-state index contributed by atoms with van der Waals surface area (Å²) >= 11 is 0. The van der Waals surface area contributed by atoms with Gasteiger partial charge in [0.25, 0.3) is 0 Å². The highest BCUT2D eigenvalue weighted by molar-refractivity contribution is 6.13. The molecule has 52 heavy (non-hydrogen) atoms. The molecule has 0 bridgehead atoms. The molecule has 11 rings (SSSR count). The Bertz CT molecular complexity index is 3020. The van der Waals surface area contributed by atoms with Gasteiger partial charge in [0.15, 0.2) is 0 Å². The predicted octanol–water partition coefficient (Wildman–Crippen LogP) is 12.8. The Hall–Kier alpha value is -6.84. The van der Waals surface area contributed by atoms with Crippen LogP contribution in [0.25, 0.3) is 88.4 Å². The number of nitrogens with zero attached hydrogens (tertiary/aromatic N) is 2. The van der Waals surface area contributed by atoms with Crippen LogP contribution in [-0.2, 0) is 6.61 Å². The molecule has 0 saturated heterocycles. The average Bonchev–Trinajstić information content (AvgIpc) is 3.73. The van der Waals surface area contributed by atoms with Crippen molar-refractivity contribution in [2.24, 2.45) is 0 Å². The fourth-order valence-corrected chi connectivity index (χ4v) is 8.51. The maximum absolute atomic E-state index is 6.16. The Balaban J connectivity index is 1.11. The zero-order chi connectivity index (χ0) is 34.2. The van der Waals surface area contributed by atoms with Gasteiger partial charge < -0.3 is 13.9 Å². The van der Waals surface area contributed by atoms with E-state index < -0.39 is 0 Å². The standard InChI is InChI=1S/C49H32N2O/c1-2-13-32(14-3-1)36-16-4-8-20-42(36)50-43-21-9-5-17-37(43)40-29-33(25-27-45(40)50)34-26-28-46-41(30-34)38-18-6-10-22-44(38)51(46)47-23-12-15-35-31-52-48-24-11-7-19-39(48)49(35)47/h1-30H,31H2. The summed E-state index contributed by atoms with van der Waals surface area (Å²) in [6.07, 6.45) is 0. The molecule has 3 heteroatoms. The second-order valence-corrected chi connectivity index (χ2v) is 13.6. The van der Waals surface area contributed by atoms with Crippen molar-refractivity contribution >= 4 is 43.6 Å². The molecule has 0 fully saturated rings. The van der Waals surface area contributed by atoms with Crippen LogP contribution in [0.1, 0.15) is 5.56 Å². The zero-order valence-corrected chi connectivity index (χ0v) is 28.3. The van der Waals surface area contributed by atoms with Crippen molar-refractivity contribution in [2.75, 3.05) is 0 Å². The summed E-state index contributed by atoms with van der Waals surface area (Å²) in [5.74, 6) is 0.936. The molecule has 2 aromatic heterocycles. The van der Waals surface area contributed by atoms with Crippen LogP contribution < -0.4 is 4.74 Å². The molecule has 1 aliphatic heterocycles. The highest BCUT2D eigenvalue weighted by atomic mass is 16.5. The van der Waals surface area contributed by atoms with Gasteiger partial charge in [-0.1, -0.05) is 127 Å². The fraction of sp³-hybridized carbons (Fsp3) is 0.0204. The van der Waals surface area contributed by atoms with E-state index in [1.54, 1.807) is 0 Å². The van der Waals surface area contributed by atoms with Crippen LogP contribution in [0.4, 0.5) is 0 Å². The number of para-hydroxylation sites is 4. The molecule has 1 aliphatic rings. The number of fused-ring (bicyclic) bond motifs is 9. The second-order valence-electron chi connectivity index (χ2n) is 13.6. The summed E-state index contributed by atoms with van der Waals surface area (Å²) in [6, 6.07) is 65.9. The molecule has 0 unspecified atom stereocenters. The summed E-state index contributed by atoms with van der Waals surface area (Å²) in [4.78, 5) is 0. The summed E-state index contributed by atoms with van der Waals surface area (Å²) in [5.41, 5.74) is 15.6. The lowest BCUT2D eigenvalue weighted by atomic mass is 9.95. The van der Waals surface area contributed by atoms with Gasteiger partial charge >= 0.3 is 0 Å². The van der Waals surface area contributed by atoms with Gasteiger partial charge in [-0.3, -0.25) is 0 Å². The van der Waals surface area contributed by atoms with E-state index in [4.69, 9.17) is 4.74 Å². The predicted molar refractivity (Wildman–Crippen MR) is 216 cm³/mol. The van der Waals surface area contributed by atoms with Crippen LogP contribution in [0.3, 0.4) is 0 Å². The molecule has 244 valence electrons. The van der Waals surface area contributed by atoms with Crippen LogP contribution in [0.5, 0.6) is 5.75 Å². The molecular weight excluding hydrogens is 633 g/mol. The minimum atomic E-state index is 0.568. The molecule has 0 radical (unpaired) electrons. The van der Waals surface area contributed by atoms with Crippen molar-refractivity contribution in [3.63, 3.8) is 0 Å². The monoisotopic (exact) mass is 664 g/mol. The number of benzene rings is 8. The highest BCUT2D eigenvalue weighted by Gasteiger charge is 2.23. The van der Waals surface area contributed by atoms with Crippen molar-refractivity contribution in [1.82, 2.24) is 9.13 Å². The Morgan fingerprint density at radius 2 is 0.904 bits per heavy atom. The minimum absolute atomic E-state index is 0.568. The van der Waals surface area contributed by atoms with Crippen molar-refractivity contribution < 1.29 is 4.74 Å². The van der Waals surface area contributed by atoms with Crippen LogP contribution in [0.2, 0.25) is 0 Å². The van der Waals surface area contributed by atoms with Gasteiger partial charge in [-0.25, -0.2) is 0 Å². The van der Waals surface area contributed by atoms with Crippen molar-refractivity contribution in [3.05, 3.63) is 188 Å². The van der Waals surface area contributed by atoms with E-state index in [9.17, 15) is 0 Å². The Morgan fingerprint density at radius 3 is 1.62 bits per heavy atom. The van der Waals surface area contributed by atoms with Crippen molar-refractivity contribution in [1.29, 1.82) is 0 Å². The summed E-state index contributed by atoms with van der Waals surface area (Å²) in [7, 11) is 0. The van der Waals surface area contributed by atoms with Crippen LogP contribution in [0.15, 0.2) is 182 Å². The first-order chi connectivity index (χ1) is 25.8. The third-order valence-electron chi connectivity index (χ3n) is 10.8. The molecule has 0 amide bonds. The van der Waals surface area contributed by atoms with Gasteiger partial charge in [-0.05, 0) is 76.9 Å². The summed E-state index contributed by atoms with van der Waals surface area (Å²) in [6.45, 7) is 0.568. The van der Waals surface area contributed by atoms with E-state index in [1.807, 2.05) is 6.07 Å².